The summed E-state index contributed by atoms with van der Waals surface area (Å²) in [5.74, 6) is 2.60. The second-order valence-corrected chi connectivity index (χ2v) is 9.41. The Morgan fingerprint density at radius 2 is 2.00 bits per heavy atom. The number of anilines is 3. The molecule has 4 N–H and O–H groups in total. The van der Waals surface area contributed by atoms with Gasteiger partial charge in [0.1, 0.15) is 5.82 Å². The SMILES string of the molecule is Cc1cc(Nc2nc(NC3CC4CC(CCC#N)CC(C3)N4)nc3c(Cl)cccc23)n[nH]1. The summed E-state index contributed by atoms with van der Waals surface area (Å²) in [5, 5.41) is 28.2. The van der Waals surface area contributed by atoms with Gasteiger partial charge in [-0.2, -0.15) is 15.3 Å². The molecule has 2 unspecified atom stereocenters. The average Bonchev–Trinajstić information content (AvgIpc) is 3.17. The third kappa shape index (κ3) is 4.50. The van der Waals surface area contributed by atoms with Crippen LogP contribution in [0.2, 0.25) is 5.02 Å². The maximum atomic E-state index is 8.91. The van der Waals surface area contributed by atoms with Crippen molar-refractivity contribution in [2.24, 2.45) is 5.92 Å². The third-order valence-corrected chi connectivity index (χ3v) is 6.78. The van der Waals surface area contributed by atoms with E-state index in [1.807, 2.05) is 31.2 Å². The highest BCUT2D eigenvalue weighted by Crippen LogP contribution is 2.34. The van der Waals surface area contributed by atoms with E-state index >= 15 is 0 Å². The summed E-state index contributed by atoms with van der Waals surface area (Å²) in [4.78, 5) is 9.53. The minimum atomic E-state index is 0.295. The maximum absolute atomic E-state index is 8.91. The molecule has 2 aromatic heterocycles. The summed E-state index contributed by atoms with van der Waals surface area (Å²) in [7, 11) is 0. The first-order valence-electron chi connectivity index (χ1n) is 11.2. The Kier molecular flexibility index (Phi) is 5.85. The fourth-order valence-corrected chi connectivity index (χ4v) is 5.38. The lowest BCUT2D eigenvalue weighted by Gasteiger charge is -2.43. The second-order valence-electron chi connectivity index (χ2n) is 9.00. The minimum absolute atomic E-state index is 0.295. The summed E-state index contributed by atoms with van der Waals surface area (Å²) >= 11 is 6.49. The van der Waals surface area contributed by atoms with Crippen LogP contribution in [0, 0.1) is 24.2 Å². The molecule has 5 rings (SSSR count). The number of rotatable bonds is 6. The zero-order chi connectivity index (χ0) is 22.1. The molecule has 4 heterocycles. The van der Waals surface area contributed by atoms with Gasteiger partial charge in [-0.15, -0.1) is 0 Å². The Labute approximate surface area is 192 Å². The molecular weight excluding hydrogens is 424 g/mol. The number of hydrogen-bond acceptors (Lipinski definition) is 7. The summed E-state index contributed by atoms with van der Waals surface area (Å²) in [6, 6.07) is 11.2. The molecule has 0 spiro atoms. The van der Waals surface area contributed by atoms with Crippen molar-refractivity contribution in [1.29, 1.82) is 5.26 Å². The van der Waals surface area contributed by atoms with Crippen molar-refractivity contribution in [2.75, 3.05) is 10.6 Å². The molecule has 2 saturated heterocycles. The molecule has 32 heavy (non-hydrogen) atoms. The first-order chi connectivity index (χ1) is 15.6. The number of piperidine rings is 2. The molecule has 2 bridgehead atoms. The van der Waals surface area contributed by atoms with Crippen molar-refractivity contribution in [2.45, 2.75) is 63.6 Å². The quantitative estimate of drug-likeness (QED) is 0.431. The van der Waals surface area contributed by atoms with Gasteiger partial charge in [0.05, 0.1) is 16.6 Å². The van der Waals surface area contributed by atoms with Crippen molar-refractivity contribution in [3.8, 4) is 6.07 Å². The third-order valence-electron chi connectivity index (χ3n) is 6.47. The Morgan fingerprint density at radius 3 is 2.72 bits per heavy atom. The number of aromatic amines is 1. The van der Waals surface area contributed by atoms with Crippen LogP contribution in [-0.2, 0) is 0 Å². The van der Waals surface area contributed by atoms with Crippen LogP contribution in [0.1, 0.15) is 44.2 Å². The van der Waals surface area contributed by atoms with Gasteiger partial charge in [-0.05, 0) is 57.1 Å². The van der Waals surface area contributed by atoms with E-state index in [0.717, 1.165) is 43.2 Å². The van der Waals surface area contributed by atoms with Gasteiger partial charge < -0.3 is 16.0 Å². The van der Waals surface area contributed by atoms with Gasteiger partial charge in [0.2, 0.25) is 5.95 Å². The van der Waals surface area contributed by atoms with Gasteiger partial charge in [0.25, 0.3) is 0 Å². The minimum Gasteiger partial charge on any atom is -0.351 e. The molecular formula is C23H27ClN8. The fraction of sp³-hybridized carbons (Fsp3) is 0.478. The number of nitrogens with one attached hydrogen (secondary N) is 4. The molecule has 2 atom stereocenters. The molecule has 2 aliphatic rings. The van der Waals surface area contributed by atoms with Crippen molar-refractivity contribution >= 4 is 40.1 Å². The molecule has 2 fully saturated rings. The number of nitriles is 1. The lowest BCUT2D eigenvalue weighted by Crippen LogP contribution is -2.54. The molecule has 0 radical (unpaired) electrons. The van der Waals surface area contributed by atoms with Crippen LogP contribution >= 0.6 is 11.6 Å². The van der Waals surface area contributed by atoms with E-state index in [1.165, 1.54) is 0 Å². The lowest BCUT2D eigenvalue weighted by atomic mass is 9.77. The molecule has 8 nitrogen and oxygen atoms in total. The molecule has 166 valence electrons. The number of aryl methyl sites for hydroxylation is 1. The largest absolute Gasteiger partial charge is 0.351 e. The van der Waals surface area contributed by atoms with E-state index in [1.54, 1.807) is 0 Å². The number of H-pyrrole nitrogens is 1. The highest BCUT2D eigenvalue weighted by Gasteiger charge is 2.35. The molecule has 9 heteroatoms. The van der Waals surface area contributed by atoms with Crippen LogP contribution in [0.4, 0.5) is 17.6 Å². The van der Waals surface area contributed by atoms with Gasteiger partial charge in [-0.1, -0.05) is 17.7 Å². The van der Waals surface area contributed by atoms with Crippen LogP contribution < -0.4 is 16.0 Å². The molecule has 0 amide bonds. The molecule has 3 aromatic rings. The molecule has 0 aliphatic carbocycles. The van der Waals surface area contributed by atoms with Crippen LogP contribution in [0.15, 0.2) is 24.3 Å². The van der Waals surface area contributed by atoms with E-state index in [-0.39, 0.29) is 0 Å². The van der Waals surface area contributed by atoms with Gasteiger partial charge in [0, 0.05) is 41.7 Å². The Hall–Kier alpha value is -2.89. The number of fused-ring (bicyclic) bond motifs is 3. The van der Waals surface area contributed by atoms with E-state index < -0.39 is 0 Å². The van der Waals surface area contributed by atoms with Gasteiger partial charge >= 0.3 is 0 Å². The maximum Gasteiger partial charge on any atom is 0.225 e. The molecule has 0 saturated carbocycles. The Balaban J connectivity index is 1.37. The highest BCUT2D eigenvalue weighted by molar-refractivity contribution is 6.35. The summed E-state index contributed by atoms with van der Waals surface area (Å²) < 4.78 is 0. The number of nitrogens with zero attached hydrogens (tertiary/aromatic N) is 4. The Bertz CT molecular complexity index is 1140. The summed E-state index contributed by atoms with van der Waals surface area (Å²) in [6.07, 6.45) is 5.97. The topological polar surface area (TPSA) is 114 Å². The summed E-state index contributed by atoms with van der Waals surface area (Å²) in [6.45, 7) is 1.96. The van der Waals surface area contributed by atoms with E-state index in [4.69, 9.17) is 26.8 Å². The van der Waals surface area contributed by atoms with Gasteiger partial charge in [0.15, 0.2) is 5.82 Å². The first kappa shape index (κ1) is 21.0. The average molecular weight is 451 g/mol. The number of para-hydroxylation sites is 1. The summed E-state index contributed by atoms with van der Waals surface area (Å²) in [5.41, 5.74) is 1.68. The van der Waals surface area contributed by atoms with Gasteiger partial charge in [-0.25, -0.2) is 4.98 Å². The van der Waals surface area contributed by atoms with E-state index in [9.17, 15) is 0 Å². The predicted octanol–water partition coefficient (Wildman–Crippen LogP) is 4.67. The monoisotopic (exact) mass is 450 g/mol. The highest BCUT2D eigenvalue weighted by atomic mass is 35.5. The van der Waals surface area contributed by atoms with E-state index in [0.29, 0.717) is 58.6 Å². The predicted molar refractivity (Wildman–Crippen MR) is 126 cm³/mol. The standard InChI is InChI=1S/C23H27ClN8/c1-13-8-20(32-31-13)28-22-18-5-2-6-19(24)21(18)29-23(30-22)27-17-11-15-9-14(4-3-7-25)10-16(12-17)26-15/h2,5-6,8,14-17,26H,3-4,9-12H2,1H3,(H3,27,28,29,30,31,32). The van der Waals surface area contributed by atoms with E-state index in [2.05, 4.69) is 32.2 Å². The zero-order valence-electron chi connectivity index (χ0n) is 18.0. The number of benzene rings is 1. The number of halogens is 1. The van der Waals surface area contributed by atoms with Crippen LogP contribution in [0.25, 0.3) is 10.9 Å². The fourth-order valence-electron chi connectivity index (χ4n) is 5.17. The van der Waals surface area contributed by atoms with Crippen LogP contribution in [-0.4, -0.2) is 38.3 Å². The smallest absolute Gasteiger partial charge is 0.225 e. The molecule has 1 aromatic carbocycles. The normalized spacial score (nSPS) is 24.8. The van der Waals surface area contributed by atoms with Crippen molar-refractivity contribution in [3.63, 3.8) is 0 Å². The van der Waals surface area contributed by atoms with Crippen LogP contribution in [0.3, 0.4) is 0 Å². The lowest BCUT2D eigenvalue weighted by molar-refractivity contribution is 0.171. The number of hydrogen-bond donors (Lipinski definition) is 4. The van der Waals surface area contributed by atoms with Crippen molar-refractivity contribution in [3.05, 3.63) is 35.0 Å². The van der Waals surface area contributed by atoms with Crippen molar-refractivity contribution < 1.29 is 0 Å². The molecule has 2 aliphatic heterocycles. The van der Waals surface area contributed by atoms with Crippen molar-refractivity contribution in [1.82, 2.24) is 25.5 Å². The number of aromatic nitrogens is 4. The zero-order valence-corrected chi connectivity index (χ0v) is 18.8. The first-order valence-corrected chi connectivity index (χ1v) is 11.6. The van der Waals surface area contributed by atoms with Crippen LogP contribution in [0.5, 0.6) is 0 Å². The second kappa shape index (κ2) is 8.93. The van der Waals surface area contributed by atoms with Gasteiger partial charge in [-0.3, -0.25) is 5.10 Å². The Morgan fingerprint density at radius 1 is 1.19 bits per heavy atom.